The van der Waals surface area contributed by atoms with E-state index in [0.717, 1.165) is 5.56 Å². The topological polar surface area (TPSA) is 146 Å². The van der Waals surface area contributed by atoms with Gasteiger partial charge in [-0.05, 0) is 31.1 Å². The van der Waals surface area contributed by atoms with E-state index in [0.29, 0.717) is 59.0 Å². The molecular formula is C24H28N6O5. The zero-order valence-corrected chi connectivity index (χ0v) is 19.8. The second kappa shape index (κ2) is 10.4. The number of nitrogens with zero attached hydrogens (tertiary/aromatic N) is 4. The average Bonchev–Trinajstić information content (AvgIpc) is 3.51. The van der Waals surface area contributed by atoms with Crippen molar-refractivity contribution < 1.29 is 24.1 Å². The Morgan fingerprint density at radius 3 is 2.86 bits per heavy atom. The summed E-state index contributed by atoms with van der Waals surface area (Å²) in [5, 5.41) is 13.4. The lowest BCUT2D eigenvalue weighted by molar-refractivity contribution is -0.151. The molecule has 4 N–H and O–H groups in total. The fourth-order valence-electron chi connectivity index (χ4n) is 4.08. The number of aliphatic carboxylic acids is 1. The van der Waals surface area contributed by atoms with Crippen LogP contribution in [-0.2, 0) is 16.1 Å². The van der Waals surface area contributed by atoms with Crippen molar-refractivity contribution in [2.24, 2.45) is 10.7 Å². The largest absolute Gasteiger partial charge is 0.497 e. The van der Waals surface area contributed by atoms with Crippen molar-refractivity contribution in [2.75, 3.05) is 26.6 Å². The number of nitrogens with one attached hydrogen (secondary N) is 1. The van der Waals surface area contributed by atoms with Gasteiger partial charge in [-0.3, -0.25) is 4.99 Å². The number of methoxy groups -OCH3 is 2. The van der Waals surface area contributed by atoms with E-state index in [4.69, 9.17) is 19.9 Å². The molecule has 2 atom stereocenters. The van der Waals surface area contributed by atoms with Crippen LogP contribution in [0.2, 0.25) is 0 Å². The molecule has 0 radical (unpaired) electrons. The van der Waals surface area contributed by atoms with E-state index in [9.17, 15) is 9.90 Å². The van der Waals surface area contributed by atoms with Crippen molar-refractivity contribution in [1.82, 2.24) is 14.5 Å². The first kappa shape index (κ1) is 24.0. The van der Waals surface area contributed by atoms with E-state index in [1.165, 1.54) is 6.33 Å². The number of aliphatic imine (C=N–C) groups is 1. The number of anilines is 1. The molecule has 11 nitrogen and oxygen atoms in total. The lowest BCUT2D eigenvalue weighted by atomic mass is 10.1. The Labute approximate surface area is 202 Å². The van der Waals surface area contributed by atoms with Crippen LogP contribution in [0.5, 0.6) is 11.5 Å². The van der Waals surface area contributed by atoms with Crippen LogP contribution in [0, 0.1) is 0 Å². The van der Waals surface area contributed by atoms with E-state index in [2.05, 4.69) is 20.3 Å². The number of carboxylic acid groups (broad SMARTS) is 1. The Morgan fingerprint density at radius 1 is 1.34 bits per heavy atom. The van der Waals surface area contributed by atoms with E-state index in [-0.39, 0.29) is 0 Å². The maximum Gasteiger partial charge on any atom is 0.332 e. The molecule has 1 saturated heterocycles. The normalized spacial score (nSPS) is 18.3. The fourth-order valence-corrected chi connectivity index (χ4v) is 4.08. The molecule has 4 rings (SSSR count). The summed E-state index contributed by atoms with van der Waals surface area (Å²) in [6.45, 7) is 0.422. The average molecular weight is 481 g/mol. The standard InChI is InChI=1S/C24H28N6O5/c1-26-9-8-17(25)16-12-30(20-7-6-18(35-20)24(31)32)23-21(16)22(28-13-29-23)27-11-14-4-5-15(33-2)10-19(14)34-3/h4-5,8-10,12-13,18,20H,6-7,11,25H2,1-3H3,(H,31,32)(H,27,28,29)/b17-8-,26-9?. The lowest BCUT2D eigenvalue weighted by Crippen LogP contribution is -2.20. The van der Waals surface area contributed by atoms with Gasteiger partial charge in [-0.2, -0.15) is 0 Å². The number of nitrogens with two attached hydrogens (primary N) is 1. The van der Waals surface area contributed by atoms with Gasteiger partial charge in [0.1, 0.15) is 35.5 Å². The molecular weight excluding hydrogens is 452 g/mol. The number of hydrogen-bond acceptors (Lipinski definition) is 9. The molecule has 0 amide bonds. The molecule has 1 fully saturated rings. The van der Waals surface area contributed by atoms with Crippen molar-refractivity contribution in [1.29, 1.82) is 0 Å². The van der Waals surface area contributed by atoms with Crippen molar-refractivity contribution in [2.45, 2.75) is 31.7 Å². The van der Waals surface area contributed by atoms with Crippen LogP contribution >= 0.6 is 0 Å². The van der Waals surface area contributed by atoms with Gasteiger partial charge in [-0.15, -0.1) is 0 Å². The zero-order valence-electron chi connectivity index (χ0n) is 19.8. The molecule has 3 aromatic rings. The van der Waals surface area contributed by atoms with Crippen molar-refractivity contribution in [3.63, 3.8) is 0 Å². The summed E-state index contributed by atoms with van der Waals surface area (Å²) in [5.74, 6) is 0.964. The highest BCUT2D eigenvalue weighted by atomic mass is 16.5. The number of aromatic nitrogens is 3. The SMILES string of the molecule is CN=C/C=C(\N)c1cn(C2CCC(C(=O)O)O2)c2ncnc(NCc3ccc(OC)cc3OC)c12. The molecule has 1 aliphatic heterocycles. The minimum atomic E-state index is -0.979. The quantitative estimate of drug-likeness (QED) is 0.393. The Morgan fingerprint density at radius 2 is 2.17 bits per heavy atom. The summed E-state index contributed by atoms with van der Waals surface area (Å²) in [6, 6.07) is 5.59. The number of hydrogen-bond donors (Lipinski definition) is 3. The molecule has 184 valence electrons. The molecule has 0 saturated carbocycles. The zero-order chi connectivity index (χ0) is 24.9. The van der Waals surface area contributed by atoms with Crippen LogP contribution in [0.4, 0.5) is 5.82 Å². The summed E-state index contributed by atoms with van der Waals surface area (Å²) in [4.78, 5) is 24.3. The number of ether oxygens (including phenoxy) is 3. The van der Waals surface area contributed by atoms with E-state index < -0.39 is 18.3 Å². The maximum absolute atomic E-state index is 11.4. The lowest BCUT2D eigenvalue weighted by Gasteiger charge is -2.14. The first-order valence-corrected chi connectivity index (χ1v) is 11.0. The van der Waals surface area contributed by atoms with Crippen LogP contribution in [0.1, 0.15) is 30.2 Å². The Kier molecular flexibility index (Phi) is 7.16. The van der Waals surface area contributed by atoms with Gasteiger partial charge in [0.05, 0.1) is 19.6 Å². The highest BCUT2D eigenvalue weighted by molar-refractivity contribution is 6.00. The summed E-state index contributed by atoms with van der Waals surface area (Å²) < 4.78 is 18.4. The number of rotatable bonds is 9. The van der Waals surface area contributed by atoms with Gasteiger partial charge in [0.2, 0.25) is 0 Å². The molecule has 3 heterocycles. The molecule has 2 aromatic heterocycles. The number of allylic oxidation sites excluding steroid dienone is 1. The van der Waals surface area contributed by atoms with Gasteiger partial charge < -0.3 is 34.9 Å². The van der Waals surface area contributed by atoms with E-state index in [1.807, 2.05) is 29.0 Å². The van der Waals surface area contributed by atoms with Gasteiger partial charge in [-0.25, -0.2) is 14.8 Å². The Hall–Kier alpha value is -4.12. The first-order chi connectivity index (χ1) is 17.0. The van der Waals surface area contributed by atoms with Crippen LogP contribution in [-0.4, -0.2) is 59.2 Å². The molecule has 0 spiro atoms. The minimum absolute atomic E-state index is 0.413. The Bertz CT molecular complexity index is 1280. The van der Waals surface area contributed by atoms with Crippen molar-refractivity contribution in [3.05, 3.63) is 47.9 Å². The summed E-state index contributed by atoms with van der Waals surface area (Å²) >= 11 is 0. The van der Waals surface area contributed by atoms with E-state index >= 15 is 0 Å². The minimum Gasteiger partial charge on any atom is -0.497 e. The maximum atomic E-state index is 11.4. The smallest absolute Gasteiger partial charge is 0.332 e. The predicted octanol–water partition coefficient (Wildman–Crippen LogP) is 2.82. The van der Waals surface area contributed by atoms with Crippen LogP contribution in [0.3, 0.4) is 0 Å². The molecule has 2 unspecified atom stereocenters. The monoisotopic (exact) mass is 480 g/mol. The third-order valence-electron chi connectivity index (χ3n) is 5.85. The second-order valence-electron chi connectivity index (χ2n) is 7.93. The molecule has 35 heavy (non-hydrogen) atoms. The van der Waals surface area contributed by atoms with Crippen LogP contribution < -0.4 is 20.5 Å². The van der Waals surface area contributed by atoms with Gasteiger partial charge in [0.15, 0.2) is 6.10 Å². The number of carbonyl (C=O) groups is 1. The van der Waals surface area contributed by atoms with Crippen molar-refractivity contribution in [3.8, 4) is 11.5 Å². The molecule has 0 aliphatic carbocycles. The summed E-state index contributed by atoms with van der Waals surface area (Å²) in [5.41, 5.74) is 9.04. The van der Waals surface area contributed by atoms with Crippen LogP contribution in [0.15, 0.2) is 41.8 Å². The molecule has 1 aliphatic rings. The van der Waals surface area contributed by atoms with Gasteiger partial charge in [0.25, 0.3) is 0 Å². The highest BCUT2D eigenvalue weighted by Crippen LogP contribution is 2.36. The molecule has 11 heteroatoms. The van der Waals surface area contributed by atoms with Crippen molar-refractivity contribution >= 4 is 34.7 Å². The molecule has 1 aromatic carbocycles. The third-order valence-corrected chi connectivity index (χ3v) is 5.85. The summed E-state index contributed by atoms with van der Waals surface area (Å²) in [6.07, 6.45) is 6.18. The second-order valence-corrected chi connectivity index (χ2v) is 7.93. The fraction of sp³-hybridized carbons (Fsp3) is 0.333. The van der Waals surface area contributed by atoms with Gasteiger partial charge in [0, 0.05) is 48.9 Å². The predicted molar refractivity (Wildman–Crippen MR) is 132 cm³/mol. The number of carboxylic acids is 1. The highest BCUT2D eigenvalue weighted by Gasteiger charge is 2.33. The van der Waals surface area contributed by atoms with Crippen LogP contribution in [0.25, 0.3) is 16.7 Å². The number of fused-ring (bicyclic) bond motifs is 1. The summed E-state index contributed by atoms with van der Waals surface area (Å²) in [7, 11) is 4.86. The third kappa shape index (κ3) is 4.90. The van der Waals surface area contributed by atoms with E-state index in [1.54, 1.807) is 33.6 Å². The number of benzene rings is 1. The first-order valence-electron chi connectivity index (χ1n) is 11.0. The van der Waals surface area contributed by atoms with Gasteiger partial charge >= 0.3 is 5.97 Å². The molecule has 0 bridgehead atoms. The Balaban J connectivity index is 1.74. The van der Waals surface area contributed by atoms with Gasteiger partial charge in [-0.1, -0.05) is 0 Å².